The molecule has 0 spiro atoms. The summed E-state index contributed by atoms with van der Waals surface area (Å²) in [5, 5.41) is 3.19. The van der Waals surface area contributed by atoms with Crippen LogP contribution >= 0.6 is 11.8 Å². The van der Waals surface area contributed by atoms with Crippen molar-refractivity contribution in [1.29, 1.82) is 0 Å². The van der Waals surface area contributed by atoms with Crippen LogP contribution in [0.3, 0.4) is 0 Å². The van der Waals surface area contributed by atoms with E-state index in [-0.39, 0.29) is 17.1 Å². The third kappa shape index (κ3) is 4.61. The fraction of sp³-hybridized carbons (Fsp3) is 0.458. The van der Waals surface area contributed by atoms with Gasteiger partial charge in [0.2, 0.25) is 5.91 Å². The van der Waals surface area contributed by atoms with Crippen LogP contribution < -0.4 is 10.2 Å². The Morgan fingerprint density at radius 1 is 1.24 bits per heavy atom. The van der Waals surface area contributed by atoms with E-state index in [9.17, 15) is 9.18 Å². The van der Waals surface area contributed by atoms with E-state index in [1.807, 2.05) is 6.07 Å². The highest BCUT2D eigenvalue weighted by Crippen LogP contribution is 2.48. The van der Waals surface area contributed by atoms with Gasteiger partial charge in [-0.05, 0) is 78.3 Å². The number of fused-ring (bicyclic) bond motifs is 1. The fourth-order valence-corrected chi connectivity index (χ4v) is 4.92. The molecule has 1 amide bonds. The molecule has 2 aliphatic rings. The summed E-state index contributed by atoms with van der Waals surface area (Å²) in [7, 11) is 0. The minimum Gasteiger partial charge on any atom is -0.367 e. The first-order valence-corrected chi connectivity index (χ1v) is 11.4. The summed E-state index contributed by atoms with van der Waals surface area (Å²) in [5.41, 5.74) is 5.72. The third-order valence-electron chi connectivity index (χ3n) is 6.08. The fourth-order valence-electron chi connectivity index (χ4n) is 4.05. The van der Waals surface area contributed by atoms with Crippen molar-refractivity contribution in [2.45, 2.75) is 57.9 Å². The first-order valence-electron chi connectivity index (χ1n) is 10.5. The predicted octanol–water partition coefficient (Wildman–Crippen LogP) is 5.94. The molecule has 29 heavy (non-hydrogen) atoms. The summed E-state index contributed by atoms with van der Waals surface area (Å²) in [6, 6.07) is 9.48. The SMILES string of the molecule is CCSc1cc(N2CCc3cc(F)ccc3C2)cc(C)c1NC(=O)CC1(C)CC1. The molecule has 1 aliphatic carbocycles. The molecule has 0 unspecified atom stereocenters. The van der Waals surface area contributed by atoms with Gasteiger partial charge in [0.05, 0.1) is 5.69 Å². The zero-order chi connectivity index (χ0) is 20.6. The molecule has 154 valence electrons. The minimum atomic E-state index is -0.158. The molecule has 1 N–H and O–H groups in total. The van der Waals surface area contributed by atoms with Crippen molar-refractivity contribution in [3.63, 3.8) is 0 Å². The van der Waals surface area contributed by atoms with Gasteiger partial charge in [-0.25, -0.2) is 4.39 Å². The summed E-state index contributed by atoms with van der Waals surface area (Å²) in [5.74, 6) is 0.911. The molecule has 2 aromatic carbocycles. The Bertz CT molecular complexity index is 939. The largest absolute Gasteiger partial charge is 0.367 e. The quantitative estimate of drug-likeness (QED) is 0.596. The first kappa shape index (κ1) is 20.3. The molecule has 1 fully saturated rings. The molecule has 0 bridgehead atoms. The molecular weight excluding hydrogens is 383 g/mol. The maximum Gasteiger partial charge on any atom is 0.224 e. The molecule has 0 aromatic heterocycles. The van der Waals surface area contributed by atoms with Crippen LogP contribution in [-0.4, -0.2) is 18.2 Å². The highest BCUT2D eigenvalue weighted by molar-refractivity contribution is 7.99. The van der Waals surface area contributed by atoms with Gasteiger partial charge in [0.15, 0.2) is 0 Å². The molecule has 0 saturated heterocycles. The zero-order valence-corrected chi connectivity index (χ0v) is 18.3. The number of nitrogens with one attached hydrogen (secondary N) is 1. The number of aryl methyl sites for hydroxylation is 1. The van der Waals surface area contributed by atoms with E-state index in [0.717, 1.165) is 59.8 Å². The van der Waals surface area contributed by atoms with Crippen molar-refractivity contribution in [1.82, 2.24) is 0 Å². The van der Waals surface area contributed by atoms with E-state index in [1.54, 1.807) is 23.9 Å². The number of benzene rings is 2. The zero-order valence-electron chi connectivity index (χ0n) is 17.5. The maximum absolute atomic E-state index is 13.5. The van der Waals surface area contributed by atoms with Crippen LogP contribution in [0.5, 0.6) is 0 Å². The van der Waals surface area contributed by atoms with E-state index in [1.165, 1.54) is 11.3 Å². The van der Waals surface area contributed by atoms with Gasteiger partial charge in [-0.2, -0.15) is 0 Å². The van der Waals surface area contributed by atoms with Gasteiger partial charge in [-0.1, -0.05) is 19.9 Å². The second kappa shape index (κ2) is 8.02. The Kier molecular flexibility index (Phi) is 5.60. The minimum absolute atomic E-state index is 0.118. The van der Waals surface area contributed by atoms with Crippen LogP contribution in [0.2, 0.25) is 0 Å². The average molecular weight is 413 g/mol. The lowest BCUT2D eigenvalue weighted by atomic mass is 9.99. The molecule has 4 rings (SSSR count). The number of rotatable bonds is 6. The van der Waals surface area contributed by atoms with E-state index in [4.69, 9.17) is 0 Å². The molecule has 0 radical (unpaired) electrons. The number of carbonyl (C=O) groups excluding carboxylic acids is 1. The second-order valence-corrected chi connectivity index (χ2v) is 9.99. The van der Waals surface area contributed by atoms with E-state index in [0.29, 0.717) is 6.42 Å². The van der Waals surface area contributed by atoms with E-state index >= 15 is 0 Å². The number of amides is 1. The van der Waals surface area contributed by atoms with Crippen LogP contribution in [-0.2, 0) is 17.8 Å². The number of hydrogen-bond acceptors (Lipinski definition) is 3. The Labute approximate surface area is 177 Å². The lowest BCUT2D eigenvalue weighted by Gasteiger charge is -2.32. The second-order valence-electron chi connectivity index (χ2n) is 8.69. The maximum atomic E-state index is 13.5. The monoisotopic (exact) mass is 412 g/mol. The number of nitrogens with zero attached hydrogens (tertiary/aromatic N) is 1. The number of anilines is 2. The van der Waals surface area contributed by atoms with Gasteiger partial charge in [0.1, 0.15) is 5.82 Å². The topological polar surface area (TPSA) is 32.3 Å². The summed E-state index contributed by atoms with van der Waals surface area (Å²) in [6.07, 6.45) is 3.74. The Balaban J connectivity index is 1.57. The predicted molar refractivity (Wildman–Crippen MR) is 119 cm³/mol. The van der Waals surface area contributed by atoms with Crippen LogP contribution in [0, 0.1) is 18.2 Å². The standard InChI is InChI=1S/C24H29FN2OS/c1-4-29-21-13-20(27-10-7-17-12-19(25)6-5-18(17)15-27)11-16(2)23(21)26-22(28)14-24(3)8-9-24/h5-6,11-13H,4,7-10,14-15H2,1-3H3,(H,26,28). The summed E-state index contributed by atoms with van der Waals surface area (Å²) in [6.45, 7) is 8.05. The van der Waals surface area contributed by atoms with Crippen molar-refractivity contribution < 1.29 is 9.18 Å². The number of hydrogen-bond donors (Lipinski definition) is 1. The summed E-state index contributed by atoms with van der Waals surface area (Å²) >= 11 is 1.77. The van der Waals surface area contributed by atoms with Gasteiger partial charge < -0.3 is 10.2 Å². The lowest BCUT2D eigenvalue weighted by molar-refractivity contribution is -0.117. The van der Waals surface area contributed by atoms with Crippen molar-refractivity contribution in [2.24, 2.45) is 5.41 Å². The molecular formula is C24H29FN2OS. The van der Waals surface area contributed by atoms with Crippen LogP contribution in [0.25, 0.3) is 0 Å². The number of thioether (sulfide) groups is 1. The van der Waals surface area contributed by atoms with E-state index < -0.39 is 0 Å². The highest BCUT2D eigenvalue weighted by atomic mass is 32.2. The normalized spacial score (nSPS) is 17.0. The van der Waals surface area contributed by atoms with Gasteiger partial charge >= 0.3 is 0 Å². The molecule has 1 saturated carbocycles. The molecule has 5 heteroatoms. The van der Waals surface area contributed by atoms with Crippen molar-refractivity contribution in [3.8, 4) is 0 Å². The first-order chi connectivity index (χ1) is 13.9. The van der Waals surface area contributed by atoms with Crippen molar-refractivity contribution >= 4 is 29.0 Å². The van der Waals surface area contributed by atoms with Crippen LogP contribution in [0.1, 0.15) is 49.8 Å². The van der Waals surface area contributed by atoms with Crippen molar-refractivity contribution in [3.05, 3.63) is 52.8 Å². The Hall–Kier alpha value is -2.01. The molecule has 1 heterocycles. The molecule has 2 aromatic rings. The molecule has 3 nitrogen and oxygen atoms in total. The van der Waals surface area contributed by atoms with Gasteiger partial charge in [0, 0.05) is 30.1 Å². The number of carbonyl (C=O) groups is 1. The Morgan fingerprint density at radius 2 is 2.03 bits per heavy atom. The number of halogens is 1. The average Bonchev–Trinajstić information content (AvgIpc) is 3.40. The van der Waals surface area contributed by atoms with Crippen LogP contribution in [0.15, 0.2) is 35.2 Å². The summed E-state index contributed by atoms with van der Waals surface area (Å²) in [4.78, 5) is 16.0. The van der Waals surface area contributed by atoms with Crippen LogP contribution in [0.4, 0.5) is 15.8 Å². The molecule has 1 aliphatic heterocycles. The summed E-state index contributed by atoms with van der Waals surface area (Å²) < 4.78 is 13.5. The lowest BCUT2D eigenvalue weighted by Crippen LogP contribution is -2.30. The van der Waals surface area contributed by atoms with Gasteiger partial charge in [0.25, 0.3) is 0 Å². The van der Waals surface area contributed by atoms with Crippen molar-refractivity contribution in [2.75, 3.05) is 22.5 Å². The third-order valence-corrected chi connectivity index (χ3v) is 7.01. The smallest absolute Gasteiger partial charge is 0.224 e. The van der Waals surface area contributed by atoms with E-state index in [2.05, 4.69) is 43.1 Å². The molecule has 0 atom stereocenters. The van der Waals surface area contributed by atoms with Gasteiger partial charge in [-0.15, -0.1) is 11.8 Å². The van der Waals surface area contributed by atoms with Gasteiger partial charge in [-0.3, -0.25) is 4.79 Å². The highest BCUT2D eigenvalue weighted by Gasteiger charge is 2.39. The Morgan fingerprint density at radius 3 is 2.76 bits per heavy atom.